The maximum Gasteiger partial charge on any atom is 0.389 e. The number of dihydropyridines is 1. The van der Waals surface area contributed by atoms with E-state index in [1.54, 1.807) is 31.7 Å². The van der Waals surface area contributed by atoms with Crippen molar-refractivity contribution in [3.05, 3.63) is 48.1 Å². The summed E-state index contributed by atoms with van der Waals surface area (Å²) in [6.45, 7) is 1.85. The zero-order chi connectivity index (χ0) is 19.6. The molecule has 0 radical (unpaired) electrons. The summed E-state index contributed by atoms with van der Waals surface area (Å²) < 4.78 is 37.0. The van der Waals surface area contributed by atoms with Gasteiger partial charge in [0.1, 0.15) is 5.82 Å². The van der Waals surface area contributed by atoms with E-state index >= 15 is 0 Å². The lowest BCUT2D eigenvalue weighted by Gasteiger charge is -2.26. The first-order valence-electron chi connectivity index (χ1n) is 8.60. The summed E-state index contributed by atoms with van der Waals surface area (Å²) in [4.78, 5) is 8.77. The maximum atomic E-state index is 12.3. The molecule has 3 heterocycles. The first-order chi connectivity index (χ1) is 12.8. The first-order valence-corrected chi connectivity index (χ1v) is 8.60. The quantitative estimate of drug-likeness (QED) is 0.741. The molecule has 1 aliphatic rings. The van der Waals surface area contributed by atoms with Crippen LogP contribution >= 0.6 is 0 Å². The molecule has 8 heteroatoms. The van der Waals surface area contributed by atoms with Gasteiger partial charge in [-0.2, -0.15) is 13.2 Å². The van der Waals surface area contributed by atoms with Crippen molar-refractivity contribution < 1.29 is 18.3 Å². The average molecular weight is 378 g/mol. The van der Waals surface area contributed by atoms with Crippen LogP contribution in [0.1, 0.15) is 25.5 Å². The second kappa shape index (κ2) is 7.56. The number of nitrogens with zero attached hydrogens (tertiary/aromatic N) is 2. The van der Waals surface area contributed by atoms with Gasteiger partial charge < -0.3 is 15.7 Å². The highest BCUT2D eigenvalue weighted by Crippen LogP contribution is 2.29. The summed E-state index contributed by atoms with van der Waals surface area (Å²) in [7, 11) is 1.79. The van der Waals surface area contributed by atoms with Crippen LogP contribution < -0.4 is 10.6 Å². The molecule has 0 bridgehead atoms. The van der Waals surface area contributed by atoms with Gasteiger partial charge in [0.05, 0.1) is 17.8 Å². The summed E-state index contributed by atoms with van der Waals surface area (Å²) >= 11 is 0. The Labute approximate surface area is 155 Å². The van der Waals surface area contributed by atoms with Crippen LogP contribution in [0, 0.1) is 0 Å². The monoisotopic (exact) mass is 378 g/mol. The molecular formula is C19H21F3N4O. The number of nitrogens with one attached hydrogen (secondary N) is 2. The van der Waals surface area contributed by atoms with Crippen molar-refractivity contribution in [2.75, 3.05) is 12.4 Å². The Morgan fingerprint density at radius 3 is 2.59 bits per heavy atom. The fourth-order valence-electron chi connectivity index (χ4n) is 3.01. The number of allylic oxidation sites excluding steroid dienone is 2. The van der Waals surface area contributed by atoms with Gasteiger partial charge >= 0.3 is 6.18 Å². The van der Waals surface area contributed by atoms with Crippen LogP contribution in [0.2, 0.25) is 0 Å². The van der Waals surface area contributed by atoms with Gasteiger partial charge in [0.2, 0.25) is 0 Å². The third kappa shape index (κ3) is 4.57. The van der Waals surface area contributed by atoms with Gasteiger partial charge in [-0.25, -0.2) is 4.98 Å². The van der Waals surface area contributed by atoms with Gasteiger partial charge in [-0.15, -0.1) is 0 Å². The summed E-state index contributed by atoms with van der Waals surface area (Å²) in [5, 5.41) is 17.9. The molecule has 3 rings (SSSR count). The molecule has 0 fully saturated rings. The number of aromatic nitrogens is 2. The van der Waals surface area contributed by atoms with E-state index in [0.29, 0.717) is 0 Å². The molecule has 0 spiro atoms. The second-order valence-corrected chi connectivity index (χ2v) is 6.56. The molecule has 27 heavy (non-hydrogen) atoms. The molecule has 0 saturated heterocycles. The number of hydrogen-bond donors (Lipinski definition) is 3. The minimum atomic E-state index is -4.27. The van der Waals surface area contributed by atoms with E-state index in [4.69, 9.17) is 0 Å². The number of pyridine rings is 2. The van der Waals surface area contributed by atoms with Gasteiger partial charge in [-0.05, 0) is 31.1 Å². The third-order valence-electron chi connectivity index (χ3n) is 4.55. The minimum absolute atomic E-state index is 0.345. The summed E-state index contributed by atoms with van der Waals surface area (Å²) in [6, 6.07) is 3.25. The number of fused-ring (bicyclic) bond motifs is 1. The van der Waals surface area contributed by atoms with Gasteiger partial charge in [-0.1, -0.05) is 6.08 Å². The number of anilines is 1. The third-order valence-corrected chi connectivity index (χ3v) is 4.55. The lowest BCUT2D eigenvalue weighted by Crippen LogP contribution is -2.38. The molecule has 2 aromatic heterocycles. The molecule has 3 N–H and O–H groups in total. The lowest BCUT2D eigenvalue weighted by atomic mass is 9.95. The van der Waals surface area contributed by atoms with Gasteiger partial charge in [0.25, 0.3) is 0 Å². The Morgan fingerprint density at radius 1 is 1.22 bits per heavy atom. The van der Waals surface area contributed by atoms with Crippen LogP contribution in [0.25, 0.3) is 16.3 Å². The largest absolute Gasteiger partial charge is 0.391 e. The molecule has 1 aliphatic heterocycles. The molecule has 2 aromatic rings. The van der Waals surface area contributed by atoms with E-state index in [-0.39, 0.29) is 6.42 Å². The number of hydrogen-bond acceptors (Lipinski definition) is 5. The van der Waals surface area contributed by atoms with Crippen molar-refractivity contribution in [2.45, 2.75) is 38.1 Å². The Balaban J connectivity index is 1.76. The van der Waals surface area contributed by atoms with Crippen LogP contribution in [0.15, 0.2) is 42.4 Å². The predicted molar refractivity (Wildman–Crippen MR) is 99.0 cm³/mol. The van der Waals surface area contributed by atoms with Crippen LogP contribution in [0.3, 0.4) is 0 Å². The zero-order valence-electron chi connectivity index (χ0n) is 15.0. The molecule has 5 nitrogen and oxygen atoms in total. The standard InChI is InChI=1S/C19H21F3N4O/c1-11-5-16(17(27)3-4-19(20,21)22)25-10-14(11)15-6-12-9-26-18(23-2)7-13(12)8-24-15/h5-10,16-17,25,27H,3-4H2,1-2H3,(H,23,26). The van der Waals surface area contributed by atoms with Crippen molar-refractivity contribution in [3.63, 3.8) is 0 Å². The van der Waals surface area contributed by atoms with Crippen LogP contribution in [0.4, 0.5) is 19.0 Å². The van der Waals surface area contributed by atoms with Crippen molar-refractivity contribution in [1.29, 1.82) is 0 Å². The normalized spacial score (nSPS) is 18.5. The Morgan fingerprint density at radius 2 is 1.93 bits per heavy atom. The fraction of sp³-hybridized carbons (Fsp3) is 0.368. The van der Waals surface area contributed by atoms with E-state index in [9.17, 15) is 18.3 Å². The molecule has 144 valence electrons. The van der Waals surface area contributed by atoms with Gasteiger partial charge in [0.15, 0.2) is 0 Å². The highest BCUT2D eigenvalue weighted by Gasteiger charge is 2.30. The molecule has 0 aliphatic carbocycles. The van der Waals surface area contributed by atoms with Crippen molar-refractivity contribution in [3.8, 4) is 0 Å². The SMILES string of the molecule is CNc1cc2cnc(C3=CNC(C(O)CCC(F)(F)F)C=C3C)cc2cn1. The van der Waals surface area contributed by atoms with Crippen molar-refractivity contribution in [2.24, 2.45) is 0 Å². The molecule has 0 saturated carbocycles. The van der Waals surface area contributed by atoms with Crippen LogP contribution in [-0.4, -0.2) is 40.4 Å². The number of aliphatic hydroxyl groups is 1. The van der Waals surface area contributed by atoms with E-state index in [2.05, 4.69) is 20.6 Å². The smallest absolute Gasteiger partial charge is 0.389 e. The highest BCUT2D eigenvalue weighted by atomic mass is 19.4. The van der Waals surface area contributed by atoms with Gasteiger partial charge in [-0.3, -0.25) is 4.98 Å². The maximum absolute atomic E-state index is 12.3. The zero-order valence-corrected chi connectivity index (χ0v) is 15.0. The first kappa shape index (κ1) is 19.2. The number of halogens is 3. The molecule has 0 amide bonds. The second-order valence-electron chi connectivity index (χ2n) is 6.56. The lowest BCUT2D eigenvalue weighted by molar-refractivity contribution is -0.140. The molecule has 0 aromatic carbocycles. The summed E-state index contributed by atoms with van der Waals surface area (Å²) in [6.07, 6.45) is 0.201. The molecule has 2 atom stereocenters. The number of rotatable bonds is 5. The van der Waals surface area contributed by atoms with E-state index in [1.165, 1.54) is 0 Å². The predicted octanol–water partition coefficient (Wildman–Crippen LogP) is 3.63. The summed E-state index contributed by atoms with van der Waals surface area (Å²) in [5.41, 5.74) is 2.40. The molecule has 2 unspecified atom stereocenters. The summed E-state index contributed by atoms with van der Waals surface area (Å²) in [5.74, 6) is 0.752. The van der Waals surface area contributed by atoms with Gasteiger partial charge in [0, 0.05) is 48.4 Å². The molecular weight excluding hydrogens is 357 g/mol. The van der Waals surface area contributed by atoms with Crippen molar-refractivity contribution in [1.82, 2.24) is 15.3 Å². The van der Waals surface area contributed by atoms with E-state index in [1.807, 2.05) is 19.1 Å². The highest BCUT2D eigenvalue weighted by molar-refractivity contribution is 5.88. The van der Waals surface area contributed by atoms with Crippen molar-refractivity contribution >= 4 is 22.2 Å². The Kier molecular flexibility index (Phi) is 5.36. The van der Waals surface area contributed by atoms with E-state index in [0.717, 1.165) is 33.4 Å². The Bertz CT molecular complexity index is 892. The van der Waals surface area contributed by atoms with E-state index < -0.39 is 24.7 Å². The minimum Gasteiger partial charge on any atom is -0.391 e. The number of aliphatic hydroxyl groups excluding tert-OH is 1. The number of alkyl halides is 3. The van der Waals surface area contributed by atoms with Crippen LogP contribution in [-0.2, 0) is 0 Å². The fourth-order valence-corrected chi connectivity index (χ4v) is 3.01. The Hall–Kier alpha value is -2.61. The van der Waals surface area contributed by atoms with Crippen LogP contribution in [0.5, 0.6) is 0 Å². The topological polar surface area (TPSA) is 70.1 Å². The average Bonchev–Trinajstić information content (AvgIpc) is 2.64.